The van der Waals surface area contributed by atoms with Gasteiger partial charge in [-0.15, -0.1) is 11.3 Å². The van der Waals surface area contributed by atoms with E-state index < -0.39 is 0 Å². The van der Waals surface area contributed by atoms with Crippen molar-refractivity contribution in [1.82, 2.24) is 9.55 Å². The van der Waals surface area contributed by atoms with Crippen LogP contribution in [0, 0.1) is 18.3 Å². The average molecular weight is 427 g/mol. The van der Waals surface area contributed by atoms with Crippen molar-refractivity contribution in [1.29, 1.82) is 0 Å². The molecule has 0 spiro atoms. The molecule has 0 unspecified atom stereocenters. The monoisotopic (exact) mass is 426 g/mol. The van der Waals surface area contributed by atoms with Crippen molar-refractivity contribution in [3.8, 4) is 5.69 Å². The maximum Gasteiger partial charge on any atom is 0.267 e. The van der Waals surface area contributed by atoms with Crippen LogP contribution >= 0.6 is 23.1 Å². The number of hydrogen-bond donors (Lipinski definition) is 0. The van der Waals surface area contributed by atoms with E-state index in [1.54, 1.807) is 23.1 Å². The summed E-state index contributed by atoms with van der Waals surface area (Å²) in [6.45, 7) is 11.2. The van der Waals surface area contributed by atoms with Crippen LogP contribution in [0.15, 0.2) is 34.2 Å². The van der Waals surface area contributed by atoms with Gasteiger partial charge in [-0.2, -0.15) is 0 Å². The zero-order valence-electron chi connectivity index (χ0n) is 18.0. The van der Waals surface area contributed by atoms with Crippen molar-refractivity contribution >= 4 is 33.3 Å². The van der Waals surface area contributed by atoms with Crippen molar-refractivity contribution in [3.63, 3.8) is 0 Å². The molecule has 1 aromatic carbocycles. The number of benzene rings is 1. The molecule has 0 aliphatic heterocycles. The van der Waals surface area contributed by atoms with E-state index in [2.05, 4.69) is 46.8 Å². The Kier molecular flexibility index (Phi) is 5.64. The zero-order chi connectivity index (χ0) is 20.8. The lowest BCUT2D eigenvalue weighted by Gasteiger charge is -2.33. The highest BCUT2D eigenvalue weighted by atomic mass is 32.2. The summed E-state index contributed by atoms with van der Waals surface area (Å²) in [6.07, 6.45) is 4.27. The van der Waals surface area contributed by atoms with Gasteiger partial charge in [0.15, 0.2) is 5.16 Å². The van der Waals surface area contributed by atoms with Gasteiger partial charge in [0.2, 0.25) is 0 Å². The summed E-state index contributed by atoms with van der Waals surface area (Å²) in [5, 5.41) is 1.68. The molecule has 1 atom stereocenters. The topological polar surface area (TPSA) is 34.9 Å². The maximum absolute atomic E-state index is 13.8. The Balaban J connectivity index is 1.91. The Morgan fingerprint density at radius 3 is 2.79 bits per heavy atom. The third kappa shape index (κ3) is 3.91. The maximum atomic E-state index is 13.8. The highest BCUT2D eigenvalue weighted by molar-refractivity contribution is 7.99. The fourth-order valence-corrected chi connectivity index (χ4v) is 6.44. The predicted octanol–water partition coefficient (Wildman–Crippen LogP) is 6.41. The normalized spacial score (nSPS) is 16.9. The number of hydrogen-bond acceptors (Lipinski definition) is 4. The Morgan fingerprint density at radius 2 is 2.10 bits per heavy atom. The van der Waals surface area contributed by atoms with E-state index in [9.17, 15) is 4.79 Å². The molecule has 1 aliphatic rings. The number of nitrogens with zero attached hydrogens (tertiary/aromatic N) is 2. The molecule has 0 amide bonds. The summed E-state index contributed by atoms with van der Waals surface area (Å²) in [5.41, 5.74) is 3.74. The molecule has 0 saturated heterocycles. The Morgan fingerprint density at radius 1 is 1.31 bits per heavy atom. The van der Waals surface area contributed by atoms with E-state index >= 15 is 0 Å². The summed E-state index contributed by atoms with van der Waals surface area (Å²) < 4.78 is 1.85. The molecule has 1 aliphatic carbocycles. The smallest absolute Gasteiger partial charge is 0.267 e. The Labute approximate surface area is 181 Å². The van der Waals surface area contributed by atoms with Gasteiger partial charge in [-0.05, 0) is 67.2 Å². The van der Waals surface area contributed by atoms with Crippen molar-refractivity contribution in [3.05, 3.63) is 50.6 Å². The van der Waals surface area contributed by atoms with Gasteiger partial charge in [0.1, 0.15) is 4.83 Å². The summed E-state index contributed by atoms with van der Waals surface area (Å²) in [5.74, 6) is 1.62. The van der Waals surface area contributed by atoms with E-state index in [-0.39, 0.29) is 5.56 Å². The number of fused-ring (bicyclic) bond motifs is 3. The van der Waals surface area contributed by atoms with Gasteiger partial charge in [0, 0.05) is 10.6 Å². The van der Waals surface area contributed by atoms with Crippen LogP contribution in [-0.4, -0.2) is 15.3 Å². The molecule has 4 rings (SSSR count). The van der Waals surface area contributed by atoms with E-state index in [1.807, 2.05) is 16.7 Å². The predicted molar refractivity (Wildman–Crippen MR) is 126 cm³/mol. The van der Waals surface area contributed by atoms with Crippen molar-refractivity contribution in [2.45, 2.75) is 65.5 Å². The molecule has 3 aromatic rings. The summed E-state index contributed by atoms with van der Waals surface area (Å²) >= 11 is 3.44. The van der Waals surface area contributed by atoms with Gasteiger partial charge >= 0.3 is 0 Å². The van der Waals surface area contributed by atoms with E-state index in [4.69, 9.17) is 4.98 Å². The minimum atomic E-state index is 0.103. The number of thioether (sulfide) groups is 1. The number of aryl methyl sites for hydroxylation is 2. The minimum Gasteiger partial charge on any atom is -0.268 e. The first kappa shape index (κ1) is 20.7. The van der Waals surface area contributed by atoms with Crippen LogP contribution in [0.4, 0.5) is 0 Å². The number of thiophene rings is 1. The van der Waals surface area contributed by atoms with Gasteiger partial charge in [0.25, 0.3) is 5.56 Å². The largest absolute Gasteiger partial charge is 0.268 e. The highest BCUT2D eigenvalue weighted by Crippen LogP contribution is 2.42. The van der Waals surface area contributed by atoms with Crippen molar-refractivity contribution < 1.29 is 0 Å². The molecule has 0 bridgehead atoms. The van der Waals surface area contributed by atoms with E-state index in [1.165, 1.54) is 10.4 Å². The van der Waals surface area contributed by atoms with E-state index in [0.29, 0.717) is 11.3 Å². The number of aromatic nitrogens is 2. The molecular formula is C24H30N2OS2. The molecule has 5 heteroatoms. The first-order valence-electron chi connectivity index (χ1n) is 10.6. The summed E-state index contributed by atoms with van der Waals surface area (Å²) in [4.78, 5) is 21.1. The Bertz CT molecular complexity index is 1100. The molecule has 0 saturated carbocycles. The lowest BCUT2D eigenvalue weighted by Crippen LogP contribution is -2.27. The molecule has 2 heterocycles. The van der Waals surface area contributed by atoms with Crippen LogP contribution < -0.4 is 5.56 Å². The third-order valence-corrected chi connectivity index (χ3v) is 8.26. The Hall–Kier alpha value is -1.59. The van der Waals surface area contributed by atoms with Crippen molar-refractivity contribution in [2.24, 2.45) is 11.3 Å². The second-order valence-corrected chi connectivity index (χ2v) is 11.4. The molecule has 0 N–H and O–H groups in total. The second kappa shape index (κ2) is 7.92. The van der Waals surface area contributed by atoms with Crippen LogP contribution in [0.5, 0.6) is 0 Å². The van der Waals surface area contributed by atoms with E-state index in [0.717, 1.165) is 58.1 Å². The van der Waals surface area contributed by atoms with Crippen LogP contribution in [-0.2, 0) is 12.8 Å². The highest BCUT2D eigenvalue weighted by Gasteiger charge is 2.32. The van der Waals surface area contributed by atoms with Crippen LogP contribution in [0.3, 0.4) is 0 Å². The van der Waals surface area contributed by atoms with Gasteiger partial charge in [-0.1, -0.05) is 51.6 Å². The lowest BCUT2D eigenvalue weighted by molar-refractivity contribution is 0.218. The lowest BCUT2D eigenvalue weighted by atomic mass is 9.72. The van der Waals surface area contributed by atoms with Crippen LogP contribution in [0.1, 0.15) is 56.5 Å². The van der Waals surface area contributed by atoms with Gasteiger partial charge < -0.3 is 0 Å². The quantitative estimate of drug-likeness (QED) is 0.357. The van der Waals surface area contributed by atoms with Gasteiger partial charge in [-0.25, -0.2) is 4.98 Å². The molecular weight excluding hydrogens is 396 g/mol. The SMILES string of the molecule is CCCSc1nc2sc3c(c2c(=O)n1-c1cccc(C)c1)CC[C@H](C(C)(C)C)C3. The van der Waals surface area contributed by atoms with Crippen LogP contribution in [0.25, 0.3) is 15.9 Å². The third-order valence-electron chi connectivity index (χ3n) is 5.97. The molecule has 2 aromatic heterocycles. The van der Waals surface area contributed by atoms with Gasteiger partial charge in [-0.3, -0.25) is 9.36 Å². The molecule has 3 nitrogen and oxygen atoms in total. The first-order chi connectivity index (χ1) is 13.8. The van der Waals surface area contributed by atoms with Crippen molar-refractivity contribution in [2.75, 3.05) is 5.75 Å². The second-order valence-electron chi connectivity index (χ2n) is 9.21. The minimum absolute atomic E-state index is 0.103. The standard InChI is InChI=1S/C24H30N2OS2/c1-6-12-28-23-25-21-20(22(27)26(23)17-9-7-8-15(2)13-17)18-11-10-16(24(3,4)5)14-19(18)29-21/h7-9,13,16H,6,10-12,14H2,1-5H3/t16-/m0/s1. The van der Waals surface area contributed by atoms with Crippen LogP contribution in [0.2, 0.25) is 0 Å². The van der Waals surface area contributed by atoms with Gasteiger partial charge in [0.05, 0.1) is 11.1 Å². The first-order valence-corrected chi connectivity index (χ1v) is 12.4. The summed E-state index contributed by atoms with van der Waals surface area (Å²) in [7, 11) is 0. The fourth-order valence-electron chi connectivity index (χ4n) is 4.23. The molecule has 154 valence electrons. The number of rotatable bonds is 4. The molecule has 29 heavy (non-hydrogen) atoms. The average Bonchev–Trinajstić information content (AvgIpc) is 3.03. The fraction of sp³-hybridized carbons (Fsp3) is 0.500. The molecule has 0 fully saturated rings. The summed E-state index contributed by atoms with van der Waals surface area (Å²) in [6, 6.07) is 8.19. The zero-order valence-corrected chi connectivity index (χ0v) is 19.7. The molecule has 0 radical (unpaired) electrons.